The maximum absolute atomic E-state index is 12.9. The van der Waals surface area contributed by atoms with Gasteiger partial charge in [-0.15, -0.1) is 8.78 Å². The van der Waals surface area contributed by atoms with Crippen LogP contribution >= 0.6 is 0 Å². The topological polar surface area (TPSA) is 47.6 Å². The number of alkyl halides is 2. The molecule has 0 spiro atoms. The molecule has 0 saturated carbocycles. The van der Waals surface area contributed by atoms with Gasteiger partial charge in [0.05, 0.1) is 0 Å². The highest BCUT2D eigenvalue weighted by molar-refractivity contribution is 5.96. The zero-order chi connectivity index (χ0) is 13.5. The monoisotopic (exact) mass is 269 g/mol. The third-order valence-electron chi connectivity index (χ3n) is 3.36. The fraction of sp³-hybridized carbons (Fsp3) is 0.462. The third kappa shape index (κ3) is 2.53. The molecule has 2 aliphatic heterocycles. The molecule has 0 aromatic heterocycles. The molecule has 1 atom stereocenters. The maximum Gasteiger partial charge on any atom is 0.586 e. The molecule has 1 saturated heterocycles. The van der Waals surface area contributed by atoms with Crippen LogP contribution < -0.4 is 14.8 Å². The molecule has 102 valence electrons. The van der Waals surface area contributed by atoms with Crippen molar-refractivity contribution in [1.29, 1.82) is 0 Å². The Morgan fingerprint density at radius 2 is 2.16 bits per heavy atom. The first-order valence-corrected chi connectivity index (χ1v) is 6.17. The van der Waals surface area contributed by atoms with Gasteiger partial charge in [-0.25, -0.2) is 0 Å². The minimum Gasteiger partial charge on any atom is -0.395 e. The Labute approximate surface area is 108 Å². The molecule has 3 rings (SSSR count). The highest BCUT2D eigenvalue weighted by Crippen LogP contribution is 2.41. The second kappa shape index (κ2) is 4.45. The van der Waals surface area contributed by atoms with E-state index in [1.165, 1.54) is 18.2 Å². The lowest BCUT2D eigenvalue weighted by atomic mass is 9.97. The van der Waals surface area contributed by atoms with Gasteiger partial charge in [-0.2, -0.15) is 0 Å². The van der Waals surface area contributed by atoms with Gasteiger partial charge >= 0.3 is 6.29 Å². The Kier molecular flexibility index (Phi) is 2.89. The van der Waals surface area contributed by atoms with Crippen LogP contribution in [0, 0.1) is 5.92 Å². The van der Waals surface area contributed by atoms with Gasteiger partial charge in [0.25, 0.3) is 0 Å². The van der Waals surface area contributed by atoms with Gasteiger partial charge < -0.3 is 14.8 Å². The average molecular weight is 269 g/mol. The van der Waals surface area contributed by atoms with Crippen LogP contribution in [0.3, 0.4) is 0 Å². The van der Waals surface area contributed by atoms with E-state index in [0.29, 0.717) is 17.9 Å². The molecule has 1 N–H and O–H groups in total. The number of fused-ring (bicyclic) bond motifs is 1. The fourth-order valence-electron chi connectivity index (χ4n) is 2.39. The van der Waals surface area contributed by atoms with E-state index in [-0.39, 0.29) is 17.3 Å². The Morgan fingerprint density at radius 3 is 2.89 bits per heavy atom. The molecule has 0 radical (unpaired) electrons. The highest BCUT2D eigenvalue weighted by atomic mass is 19.3. The first kappa shape index (κ1) is 12.3. The standard InChI is InChI=1S/C13H13F2NO3/c14-13(15)18-11-2-1-9(6-12(11)19-13)10(17)5-8-3-4-16-7-8/h1-2,6,8,16H,3-5,7H2. The molecule has 2 heterocycles. The summed E-state index contributed by atoms with van der Waals surface area (Å²) in [5.74, 6) is 0.138. The number of hydrogen-bond acceptors (Lipinski definition) is 4. The zero-order valence-electron chi connectivity index (χ0n) is 10.1. The lowest BCUT2D eigenvalue weighted by molar-refractivity contribution is -0.286. The molecule has 0 amide bonds. The second-order valence-corrected chi connectivity index (χ2v) is 4.82. The quantitative estimate of drug-likeness (QED) is 0.854. The van der Waals surface area contributed by atoms with Gasteiger partial charge in [0.2, 0.25) is 0 Å². The Bertz CT molecular complexity index is 513. The van der Waals surface area contributed by atoms with Crippen LogP contribution in [0.4, 0.5) is 8.78 Å². The van der Waals surface area contributed by atoms with Crippen LogP contribution in [-0.2, 0) is 0 Å². The summed E-state index contributed by atoms with van der Waals surface area (Å²) < 4.78 is 34.3. The number of benzene rings is 1. The van der Waals surface area contributed by atoms with Gasteiger partial charge in [-0.1, -0.05) is 0 Å². The zero-order valence-corrected chi connectivity index (χ0v) is 10.1. The van der Waals surface area contributed by atoms with E-state index in [2.05, 4.69) is 14.8 Å². The van der Waals surface area contributed by atoms with E-state index in [0.717, 1.165) is 19.5 Å². The first-order chi connectivity index (χ1) is 9.03. The molecule has 19 heavy (non-hydrogen) atoms. The summed E-state index contributed by atoms with van der Waals surface area (Å²) in [6.45, 7) is 1.75. The molecule has 6 heteroatoms. The number of hydrogen-bond donors (Lipinski definition) is 1. The van der Waals surface area contributed by atoms with Gasteiger partial charge in [0.15, 0.2) is 17.3 Å². The lowest BCUT2D eigenvalue weighted by Gasteiger charge is -2.07. The summed E-state index contributed by atoms with van der Waals surface area (Å²) in [5.41, 5.74) is 0.381. The van der Waals surface area contributed by atoms with E-state index in [1.807, 2.05) is 0 Å². The largest absolute Gasteiger partial charge is 0.586 e. The van der Waals surface area contributed by atoms with Gasteiger partial charge in [0.1, 0.15) is 0 Å². The van der Waals surface area contributed by atoms with E-state index in [1.54, 1.807) is 0 Å². The molecule has 1 unspecified atom stereocenters. The van der Waals surface area contributed by atoms with Crippen LogP contribution in [-0.4, -0.2) is 25.2 Å². The SMILES string of the molecule is O=C(CC1CCNC1)c1ccc2c(c1)OC(F)(F)O2. The number of nitrogens with one attached hydrogen (secondary N) is 1. The normalized spacial score (nSPS) is 23.6. The molecule has 1 fully saturated rings. The third-order valence-corrected chi connectivity index (χ3v) is 3.36. The number of ether oxygens (including phenoxy) is 2. The highest BCUT2D eigenvalue weighted by Gasteiger charge is 2.43. The minimum absolute atomic E-state index is 0.0379. The molecule has 4 nitrogen and oxygen atoms in total. The molecule has 2 aliphatic rings. The van der Waals surface area contributed by atoms with Crippen molar-refractivity contribution in [1.82, 2.24) is 5.32 Å². The first-order valence-electron chi connectivity index (χ1n) is 6.17. The number of Topliss-reactive ketones (excluding diaryl/α,β-unsaturated/α-hetero) is 1. The van der Waals surface area contributed by atoms with Crippen LogP contribution in [0.15, 0.2) is 18.2 Å². The molecule has 0 bridgehead atoms. The summed E-state index contributed by atoms with van der Waals surface area (Å²) >= 11 is 0. The van der Waals surface area contributed by atoms with Crippen molar-refractivity contribution >= 4 is 5.78 Å². The van der Waals surface area contributed by atoms with Gasteiger partial charge in [0, 0.05) is 12.0 Å². The van der Waals surface area contributed by atoms with Crippen molar-refractivity contribution < 1.29 is 23.0 Å². The number of rotatable bonds is 3. The summed E-state index contributed by atoms with van der Waals surface area (Å²) in [7, 11) is 0. The molecule has 0 aliphatic carbocycles. The van der Waals surface area contributed by atoms with Crippen molar-refractivity contribution in [3.8, 4) is 11.5 Å². The average Bonchev–Trinajstić information content (AvgIpc) is 2.93. The van der Waals surface area contributed by atoms with Crippen molar-refractivity contribution in [2.24, 2.45) is 5.92 Å². The number of carbonyl (C=O) groups is 1. The van der Waals surface area contributed by atoms with Crippen LogP contribution in [0.25, 0.3) is 0 Å². The Morgan fingerprint density at radius 1 is 1.37 bits per heavy atom. The predicted molar refractivity (Wildman–Crippen MR) is 62.6 cm³/mol. The number of halogens is 2. The summed E-state index contributed by atoms with van der Waals surface area (Å²) in [4.78, 5) is 12.1. The van der Waals surface area contributed by atoms with E-state index >= 15 is 0 Å². The Hall–Kier alpha value is -1.69. The van der Waals surface area contributed by atoms with Crippen molar-refractivity contribution in [3.63, 3.8) is 0 Å². The number of ketones is 1. The second-order valence-electron chi connectivity index (χ2n) is 4.82. The molecule has 1 aromatic rings. The van der Waals surface area contributed by atoms with E-state index in [9.17, 15) is 13.6 Å². The van der Waals surface area contributed by atoms with Crippen molar-refractivity contribution in [2.75, 3.05) is 13.1 Å². The fourth-order valence-corrected chi connectivity index (χ4v) is 2.39. The van der Waals surface area contributed by atoms with Gasteiger partial charge in [-0.05, 0) is 43.6 Å². The van der Waals surface area contributed by atoms with Crippen molar-refractivity contribution in [3.05, 3.63) is 23.8 Å². The molecule has 1 aromatic carbocycles. The van der Waals surface area contributed by atoms with Crippen LogP contribution in [0.1, 0.15) is 23.2 Å². The maximum atomic E-state index is 12.9. The summed E-state index contributed by atoms with van der Waals surface area (Å²) in [6.07, 6.45) is -2.25. The molecular weight excluding hydrogens is 256 g/mol. The summed E-state index contributed by atoms with van der Waals surface area (Å²) in [6, 6.07) is 4.16. The van der Waals surface area contributed by atoms with Crippen LogP contribution in [0.5, 0.6) is 11.5 Å². The minimum atomic E-state index is -3.64. The van der Waals surface area contributed by atoms with E-state index in [4.69, 9.17) is 0 Å². The van der Waals surface area contributed by atoms with Crippen LogP contribution in [0.2, 0.25) is 0 Å². The van der Waals surface area contributed by atoms with E-state index < -0.39 is 6.29 Å². The van der Waals surface area contributed by atoms with Crippen molar-refractivity contribution in [2.45, 2.75) is 19.1 Å². The number of carbonyl (C=O) groups excluding carboxylic acids is 1. The predicted octanol–water partition coefficient (Wildman–Crippen LogP) is 2.19. The lowest BCUT2D eigenvalue weighted by Crippen LogP contribution is -2.25. The summed E-state index contributed by atoms with van der Waals surface area (Å²) in [5, 5.41) is 3.19. The molecular formula is C13H13F2NO3. The van der Waals surface area contributed by atoms with Gasteiger partial charge in [-0.3, -0.25) is 4.79 Å². The Balaban J connectivity index is 1.74. The smallest absolute Gasteiger partial charge is 0.395 e.